The first-order valence-corrected chi connectivity index (χ1v) is 8.68. The third-order valence-corrected chi connectivity index (χ3v) is 4.73. The van der Waals surface area contributed by atoms with Gasteiger partial charge in [-0.25, -0.2) is 9.59 Å². The number of hydrogen-bond acceptors (Lipinski definition) is 6. The van der Waals surface area contributed by atoms with E-state index in [4.69, 9.17) is 17.0 Å². The summed E-state index contributed by atoms with van der Waals surface area (Å²) in [5.74, 6) is -0.815. The van der Waals surface area contributed by atoms with E-state index in [1.54, 1.807) is 30.3 Å². The number of anilines is 2. The Bertz CT molecular complexity index is 784. The van der Waals surface area contributed by atoms with E-state index in [0.717, 1.165) is 11.3 Å². The summed E-state index contributed by atoms with van der Waals surface area (Å²) in [4.78, 5) is 24.3. The number of benzene rings is 1. The van der Waals surface area contributed by atoms with E-state index < -0.39 is 11.9 Å². The fraction of sp³-hybridized carbons (Fsp3) is 0.235. The van der Waals surface area contributed by atoms with E-state index in [9.17, 15) is 9.59 Å². The maximum atomic E-state index is 11.9. The molecule has 0 saturated carbocycles. The van der Waals surface area contributed by atoms with Crippen LogP contribution in [0.5, 0.6) is 0 Å². The molecular weight excluding hydrogens is 360 g/mol. The highest BCUT2D eigenvalue weighted by Gasteiger charge is 2.17. The molecule has 25 heavy (non-hydrogen) atoms. The Balaban J connectivity index is 2.08. The van der Waals surface area contributed by atoms with Gasteiger partial charge in [0.2, 0.25) is 0 Å². The van der Waals surface area contributed by atoms with Crippen molar-refractivity contribution in [3.8, 4) is 0 Å². The second-order valence-corrected chi connectivity index (χ2v) is 6.49. The molecule has 0 aliphatic heterocycles. The van der Waals surface area contributed by atoms with Gasteiger partial charge in [-0.1, -0.05) is 6.92 Å². The van der Waals surface area contributed by atoms with E-state index in [2.05, 4.69) is 15.4 Å². The first kappa shape index (κ1) is 18.9. The Morgan fingerprint density at radius 1 is 1.08 bits per heavy atom. The molecule has 0 fully saturated rings. The van der Waals surface area contributed by atoms with Gasteiger partial charge in [0.1, 0.15) is 5.00 Å². The average Bonchev–Trinajstić information content (AvgIpc) is 3.03. The number of rotatable bonds is 5. The lowest BCUT2D eigenvalue weighted by atomic mass is 10.2. The number of aryl methyl sites for hydroxylation is 1. The summed E-state index contributed by atoms with van der Waals surface area (Å²) in [6, 6.07) is 8.50. The van der Waals surface area contributed by atoms with Crippen LogP contribution in [0.1, 0.15) is 32.5 Å². The van der Waals surface area contributed by atoms with E-state index in [1.165, 1.54) is 25.6 Å². The molecule has 0 spiro atoms. The minimum atomic E-state index is -0.413. The van der Waals surface area contributed by atoms with Gasteiger partial charge in [0.05, 0.1) is 25.3 Å². The van der Waals surface area contributed by atoms with Crippen molar-refractivity contribution >= 4 is 51.3 Å². The van der Waals surface area contributed by atoms with Crippen LogP contribution in [0, 0.1) is 0 Å². The van der Waals surface area contributed by atoms with Gasteiger partial charge in [-0.05, 0) is 49.0 Å². The molecule has 6 nitrogen and oxygen atoms in total. The second-order valence-electron chi connectivity index (χ2n) is 4.95. The van der Waals surface area contributed by atoms with Crippen LogP contribution in [0.25, 0.3) is 0 Å². The number of thiocarbonyl (C=S) groups is 1. The molecule has 0 radical (unpaired) electrons. The first-order chi connectivity index (χ1) is 12.0. The molecule has 2 N–H and O–H groups in total. The molecule has 8 heteroatoms. The van der Waals surface area contributed by atoms with Gasteiger partial charge in [0, 0.05) is 10.6 Å². The Hall–Kier alpha value is -2.45. The summed E-state index contributed by atoms with van der Waals surface area (Å²) in [6.45, 7) is 2.01. The van der Waals surface area contributed by atoms with E-state index in [0.29, 0.717) is 26.9 Å². The molecule has 1 heterocycles. The largest absolute Gasteiger partial charge is 0.465 e. The smallest absolute Gasteiger partial charge is 0.340 e. The highest BCUT2D eigenvalue weighted by atomic mass is 32.1. The third kappa shape index (κ3) is 4.77. The Morgan fingerprint density at radius 3 is 2.28 bits per heavy atom. The monoisotopic (exact) mass is 378 g/mol. The number of hydrogen-bond donors (Lipinski definition) is 2. The van der Waals surface area contributed by atoms with E-state index >= 15 is 0 Å². The van der Waals surface area contributed by atoms with Gasteiger partial charge < -0.3 is 20.1 Å². The Kier molecular flexibility index (Phi) is 6.49. The van der Waals surface area contributed by atoms with Gasteiger partial charge in [-0.2, -0.15) is 0 Å². The zero-order chi connectivity index (χ0) is 18.4. The highest BCUT2D eigenvalue weighted by molar-refractivity contribution is 7.80. The lowest BCUT2D eigenvalue weighted by Gasteiger charge is -2.10. The second kappa shape index (κ2) is 8.59. The van der Waals surface area contributed by atoms with Gasteiger partial charge >= 0.3 is 11.9 Å². The Morgan fingerprint density at radius 2 is 1.72 bits per heavy atom. The van der Waals surface area contributed by atoms with Crippen molar-refractivity contribution in [1.82, 2.24) is 0 Å². The molecular formula is C17H18N2O4S2. The number of thiophene rings is 1. The summed E-state index contributed by atoms with van der Waals surface area (Å²) in [6.07, 6.45) is 0.811. The van der Waals surface area contributed by atoms with Crippen LogP contribution in [0.15, 0.2) is 30.3 Å². The molecule has 0 unspecified atom stereocenters. The van der Waals surface area contributed by atoms with Gasteiger partial charge in [0.25, 0.3) is 0 Å². The zero-order valence-electron chi connectivity index (χ0n) is 14.0. The van der Waals surface area contributed by atoms with Gasteiger partial charge in [0.15, 0.2) is 5.11 Å². The summed E-state index contributed by atoms with van der Waals surface area (Å²) in [7, 11) is 2.67. The van der Waals surface area contributed by atoms with Crippen LogP contribution in [0.4, 0.5) is 10.7 Å². The lowest BCUT2D eigenvalue weighted by Crippen LogP contribution is -2.20. The van der Waals surface area contributed by atoms with Crippen molar-refractivity contribution in [2.24, 2.45) is 0 Å². The van der Waals surface area contributed by atoms with Crippen molar-refractivity contribution < 1.29 is 19.1 Å². The van der Waals surface area contributed by atoms with Crippen molar-refractivity contribution in [1.29, 1.82) is 0 Å². The van der Waals surface area contributed by atoms with Crippen LogP contribution in [-0.2, 0) is 15.9 Å². The van der Waals surface area contributed by atoms with Crippen molar-refractivity contribution in [3.63, 3.8) is 0 Å². The number of ether oxygens (including phenoxy) is 2. The molecule has 0 amide bonds. The number of esters is 2. The minimum Gasteiger partial charge on any atom is -0.465 e. The predicted molar refractivity (Wildman–Crippen MR) is 103 cm³/mol. The molecule has 2 rings (SSSR count). The molecule has 0 bridgehead atoms. The molecule has 0 saturated heterocycles. The number of methoxy groups -OCH3 is 2. The Labute approximate surface area is 155 Å². The fourth-order valence-electron chi connectivity index (χ4n) is 2.04. The zero-order valence-corrected chi connectivity index (χ0v) is 15.7. The molecule has 1 aromatic carbocycles. The molecule has 1 aromatic heterocycles. The number of carbonyl (C=O) groups excluding carboxylic acids is 2. The number of nitrogens with one attached hydrogen (secondary N) is 2. The predicted octanol–water partition coefficient (Wildman–Crippen LogP) is 3.69. The fourth-order valence-corrected chi connectivity index (χ4v) is 3.32. The summed E-state index contributed by atoms with van der Waals surface area (Å²) in [5, 5.41) is 7.00. The SMILES string of the molecule is CCc1cc(C(=O)OC)c(NC(=S)Nc2ccc(C(=O)OC)cc2)s1. The molecule has 0 atom stereocenters. The normalized spacial score (nSPS) is 10.0. The van der Waals surface area contributed by atoms with Crippen molar-refractivity contribution in [3.05, 3.63) is 46.3 Å². The van der Waals surface area contributed by atoms with Crippen LogP contribution >= 0.6 is 23.6 Å². The topological polar surface area (TPSA) is 76.7 Å². The lowest BCUT2D eigenvalue weighted by molar-refractivity contribution is 0.0592. The summed E-state index contributed by atoms with van der Waals surface area (Å²) >= 11 is 6.74. The van der Waals surface area contributed by atoms with Crippen LogP contribution in [0.2, 0.25) is 0 Å². The minimum absolute atomic E-state index is 0.334. The van der Waals surface area contributed by atoms with Gasteiger partial charge in [-0.15, -0.1) is 11.3 Å². The van der Waals surface area contributed by atoms with Crippen molar-refractivity contribution in [2.45, 2.75) is 13.3 Å². The van der Waals surface area contributed by atoms with Crippen molar-refractivity contribution in [2.75, 3.05) is 24.9 Å². The molecule has 132 valence electrons. The highest BCUT2D eigenvalue weighted by Crippen LogP contribution is 2.29. The molecule has 0 aliphatic rings. The average molecular weight is 378 g/mol. The van der Waals surface area contributed by atoms with Gasteiger partial charge in [-0.3, -0.25) is 0 Å². The van der Waals surface area contributed by atoms with Crippen LogP contribution in [0.3, 0.4) is 0 Å². The van der Waals surface area contributed by atoms with Crippen LogP contribution in [-0.4, -0.2) is 31.3 Å². The quantitative estimate of drug-likeness (QED) is 0.607. The maximum absolute atomic E-state index is 11.9. The van der Waals surface area contributed by atoms with E-state index in [1.807, 2.05) is 6.92 Å². The number of carbonyl (C=O) groups is 2. The van der Waals surface area contributed by atoms with E-state index in [-0.39, 0.29) is 0 Å². The third-order valence-electron chi connectivity index (χ3n) is 3.33. The maximum Gasteiger partial charge on any atom is 0.340 e. The van der Waals surface area contributed by atoms with Crippen LogP contribution < -0.4 is 10.6 Å². The standard InChI is InChI=1S/C17H18N2O4S2/c1-4-12-9-13(16(21)23-3)14(25-12)19-17(24)18-11-7-5-10(6-8-11)15(20)22-2/h5-9H,4H2,1-3H3,(H2,18,19,24). The first-order valence-electron chi connectivity index (χ1n) is 7.45. The molecule has 2 aromatic rings. The summed E-state index contributed by atoms with van der Waals surface area (Å²) < 4.78 is 9.46. The molecule has 0 aliphatic carbocycles. The summed E-state index contributed by atoms with van der Waals surface area (Å²) in [5.41, 5.74) is 1.61.